The second-order valence-electron chi connectivity index (χ2n) is 5.67. The molecule has 2 aromatic rings. The molecule has 0 radical (unpaired) electrons. The Kier molecular flexibility index (Phi) is 4.76. The lowest BCUT2D eigenvalue weighted by molar-refractivity contribution is 0.646. The van der Waals surface area contributed by atoms with Crippen LogP contribution in [0.15, 0.2) is 49.1 Å². The molecule has 1 N–H and O–H groups in total. The van der Waals surface area contributed by atoms with Crippen molar-refractivity contribution >= 4 is 17.5 Å². The Hall–Kier alpha value is -2.56. The Morgan fingerprint density at radius 1 is 1.09 bits per heavy atom. The van der Waals surface area contributed by atoms with E-state index in [0.29, 0.717) is 12.5 Å². The van der Waals surface area contributed by atoms with Gasteiger partial charge in [0.15, 0.2) is 0 Å². The van der Waals surface area contributed by atoms with Gasteiger partial charge in [-0.05, 0) is 19.1 Å². The van der Waals surface area contributed by atoms with Crippen LogP contribution in [0.1, 0.15) is 5.69 Å². The average Bonchev–Trinajstić information content (AvgIpc) is 2.60. The fourth-order valence-corrected chi connectivity index (χ4v) is 2.79. The van der Waals surface area contributed by atoms with Crippen molar-refractivity contribution in [2.75, 3.05) is 47.8 Å². The quantitative estimate of drug-likeness (QED) is 0.860. The first-order chi connectivity index (χ1) is 11.3. The van der Waals surface area contributed by atoms with E-state index in [1.807, 2.05) is 13.0 Å². The minimum Gasteiger partial charge on any atom is -0.368 e. The molecule has 5 heteroatoms. The van der Waals surface area contributed by atoms with E-state index in [4.69, 9.17) is 0 Å². The number of benzene rings is 1. The number of aromatic nitrogens is 2. The molecule has 0 bridgehead atoms. The molecule has 0 spiro atoms. The minimum atomic E-state index is 0.671. The van der Waals surface area contributed by atoms with E-state index in [1.165, 1.54) is 5.69 Å². The Morgan fingerprint density at radius 2 is 1.78 bits per heavy atom. The lowest BCUT2D eigenvalue weighted by Gasteiger charge is -2.36. The number of rotatable bonds is 5. The molecule has 1 fully saturated rings. The van der Waals surface area contributed by atoms with E-state index in [2.05, 4.69) is 68.1 Å². The van der Waals surface area contributed by atoms with Gasteiger partial charge in [0, 0.05) is 50.2 Å². The fourth-order valence-electron chi connectivity index (χ4n) is 2.79. The van der Waals surface area contributed by atoms with Crippen molar-refractivity contribution < 1.29 is 0 Å². The number of para-hydroxylation sites is 1. The van der Waals surface area contributed by atoms with E-state index in [-0.39, 0.29) is 0 Å². The zero-order chi connectivity index (χ0) is 16.1. The zero-order valence-corrected chi connectivity index (χ0v) is 13.6. The van der Waals surface area contributed by atoms with E-state index in [9.17, 15) is 0 Å². The summed E-state index contributed by atoms with van der Waals surface area (Å²) >= 11 is 0. The zero-order valence-electron chi connectivity index (χ0n) is 13.6. The monoisotopic (exact) mass is 309 g/mol. The van der Waals surface area contributed by atoms with Crippen molar-refractivity contribution in [1.29, 1.82) is 0 Å². The molecular weight excluding hydrogens is 286 g/mol. The Labute approximate surface area is 137 Å². The Morgan fingerprint density at radius 3 is 2.48 bits per heavy atom. The van der Waals surface area contributed by atoms with Gasteiger partial charge >= 0.3 is 0 Å². The summed E-state index contributed by atoms with van der Waals surface area (Å²) in [7, 11) is 0. The van der Waals surface area contributed by atoms with Gasteiger partial charge in [0.25, 0.3) is 0 Å². The molecule has 3 rings (SSSR count). The molecule has 2 heterocycles. The minimum absolute atomic E-state index is 0.671. The Bertz CT molecular complexity index is 648. The van der Waals surface area contributed by atoms with Crippen LogP contribution in [0, 0.1) is 6.92 Å². The molecule has 0 atom stereocenters. The van der Waals surface area contributed by atoms with Crippen LogP contribution in [-0.4, -0.2) is 42.7 Å². The summed E-state index contributed by atoms with van der Waals surface area (Å²) in [6.45, 7) is 10.3. The second kappa shape index (κ2) is 7.13. The van der Waals surface area contributed by atoms with Gasteiger partial charge in [-0.2, -0.15) is 4.98 Å². The van der Waals surface area contributed by atoms with Crippen molar-refractivity contribution in [3.05, 3.63) is 54.7 Å². The average molecular weight is 309 g/mol. The van der Waals surface area contributed by atoms with E-state index < -0.39 is 0 Å². The summed E-state index contributed by atoms with van der Waals surface area (Å²) in [5, 5.41) is 3.17. The molecule has 0 aliphatic carbocycles. The van der Waals surface area contributed by atoms with Gasteiger partial charge in [-0.1, -0.05) is 24.3 Å². The predicted molar refractivity (Wildman–Crippen MR) is 96.3 cm³/mol. The normalized spacial score (nSPS) is 14.7. The SMILES string of the molecule is C=CCNc1nc(C)cc(N2CCN(c3ccccc3)CC2)n1. The Balaban J connectivity index is 1.67. The largest absolute Gasteiger partial charge is 0.368 e. The summed E-state index contributed by atoms with van der Waals surface area (Å²) < 4.78 is 0. The highest BCUT2D eigenvalue weighted by atomic mass is 15.3. The van der Waals surface area contributed by atoms with Crippen LogP contribution in [0.5, 0.6) is 0 Å². The number of nitrogens with one attached hydrogen (secondary N) is 1. The number of nitrogens with zero attached hydrogens (tertiary/aromatic N) is 4. The van der Waals surface area contributed by atoms with E-state index >= 15 is 0 Å². The number of anilines is 3. The first-order valence-corrected chi connectivity index (χ1v) is 8.01. The third-order valence-electron chi connectivity index (χ3n) is 3.97. The summed E-state index contributed by atoms with van der Waals surface area (Å²) in [4.78, 5) is 13.8. The number of piperazine rings is 1. The van der Waals surface area contributed by atoms with Crippen molar-refractivity contribution in [2.24, 2.45) is 0 Å². The molecule has 1 aromatic carbocycles. The van der Waals surface area contributed by atoms with Crippen LogP contribution >= 0.6 is 0 Å². The summed E-state index contributed by atoms with van der Waals surface area (Å²) in [5.41, 5.74) is 2.27. The van der Waals surface area contributed by atoms with Gasteiger partial charge in [0.1, 0.15) is 5.82 Å². The lowest BCUT2D eigenvalue weighted by Crippen LogP contribution is -2.46. The lowest BCUT2D eigenvalue weighted by atomic mass is 10.2. The van der Waals surface area contributed by atoms with E-state index in [0.717, 1.165) is 37.7 Å². The third kappa shape index (κ3) is 3.80. The van der Waals surface area contributed by atoms with Crippen LogP contribution in [0.3, 0.4) is 0 Å². The molecule has 0 saturated carbocycles. The molecule has 5 nitrogen and oxygen atoms in total. The fraction of sp³-hybridized carbons (Fsp3) is 0.333. The number of aryl methyl sites for hydroxylation is 1. The van der Waals surface area contributed by atoms with Crippen molar-refractivity contribution in [3.63, 3.8) is 0 Å². The highest BCUT2D eigenvalue weighted by molar-refractivity contribution is 5.50. The van der Waals surface area contributed by atoms with Crippen molar-refractivity contribution in [1.82, 2.24) is 9.97 Å². The van der Waals surface area contributed by atoms with Crippen LogP contribution in [0.25, 0.3) is 0 Å². The molecule has 1 aromatic heterocycles. The first kappa shape index (κ1) is 15.3. The molecule has 1 aliphatic heterocycles. The summed E-state index contributed by atoms with van der Waals surface area (Å²) in [6.07, 6.45) is 1.81. The van der Waals surface area contributed by atoms with Gasteiger partial charge in [-0.15, -0.1) is 6.58 Å². The van der Waals surface area contributed by atoms with Gasteiger partial charge < -0.3 is 15.1 Å². The maximum Gasteiger partial charge on any atom is 0.225 e. The third-order valence-corrected chi connectivity index (χ3v) is 3.97. The van der Waals surface area contributed by atoms with Gasteiger partial charge in [0.2, 0.25) is 5.95 Å². The highest BCUT2D eigenvalue weighted by Crippen LogP contribution is 2.20. The molecule has 1 aliphatic rings. The highest BCUT2D eigenvalue weighted by Gasteiger charge is 2.19. The topological polar surface area (TPSA) is 44.3 Å². The smallest absolute Gasteiger partial charge is 0.225 e. The second-order valence-corrected chi connectivity index (χ2v) is 5.67. The first-order valence-electron chi connectivity index (χ1n) is 8.01. The van der Waals surface area contributed by atoms with Crippen LogP contribution in [0.2, 0.25) is 0 Å². The molecule has 1 saturated heterocycles. The molecule has 23 heavy (non-hydrogen) atoms. The van der Waals surface area contributed by atoms with Gasteiger partial charge in [-0.25, -0.2) is 4.98 Å². The molecular formula is C18H23N5. The molecule has 0 unspecified atom stereocenters. The van der Waals surface area contributed by atoms with Crippen LogP contribution in [0.4, 0.5) is 17.5 Å². The maximum atomic E-state index is 4.63. The standard InChI is InChI=1S/C18H23N5/c1-3-9-19-18-20-15(2)14-17(21-18)23-12-10-22(11-13-23)16-7-5-4-6-8-16/h3-8,14H,1,9-13H2,2H3,(H,19,20,21). The predicted octanol–water partition coefficient (Wildman–Crippen LogP) is 2.71. The van der Waals surface area contributed by atoms with E-state index in [1.54, 1.807) is 0 Å². The van der Waals surface area contributed by atoms with Crippen LogP contribution in [-0.2, 0) is 0 Å². The van der Waals surface area contributed by atoms with Crippen molar-refractivity contribution in [3.8, 4) is 0 Å². The number of hydrogen-bond donors (Lipinski definition) is 1. The van der Waals surface area contributed by atoms with Gasteiger partial charge in [-0.3, -0.25) is 0 Å². The summed E-state index contributed by atoms with van der Waals surface area (Å²) in [6, 6.07) is 12.6. The molecule has 0 amide bonds. The number of hydrogen-bond acceptors (Lipinski definition) is 5. The van der Waals surface area contributed by atoms with Gasteiger partial charge in [0.05, 0.1) is 0 Å². The van der Waals surface area contributed by atoms with Crippen molar-refractivity contribution in [2.45, 2.75) is 6.92 Å². The maximum absolute atomic E-state index is 4.63. The van der Waals surface area contributed by atoms with Crippen LogP contribution < -0.4 is 15.1 Å². The summed E-state index contributed by atoms with van der Waals surface area (Å²) in [5.74, 6) is 1.67. The molecule has 120 valence electrons.